The number of benzene rings is 1. The number of para-hydroxylation sites is 2. The zero-order valence-corrected chi connectivity index (χ0v) is 9.67. The molecule has 4 nitrogen and oxygen atoms in total. The van der Waals surface area contributed by atoms with Crippen LogP contribution in [0.15, 0.2) is 48.8 Å². The average molecular weight is 240 g/mol. The van der Waals surface area contributed by atoms with E-state index in [4.69, 9.17) is 4.74 Å². The van der Waals surface area contributed by atoms with Crippen molar-refractivity contribution < 1.29 is 9.53 Å². The van der Waals surface area contributed by atoms with Crippen LogP contribution < -0.4 is 10.1 Å². The minimum absolute atomic E-state index is 0.0508. The number of pyridine rings is 1. The maximum absolute atomic E-state index is 12.2. The molecule has 0 radical (unpaired) electrons. The number of anilines is 1. The summed E-state index contributed by atoms with van der Waals surface area (Å²) in [5, 5.41) is 3.20. The second-order valence-corrected chi connectivity index (χ2v) is 4.09. The Morgan fingerprint density at radius 1 is 1.28 bits per heavy atom. The SMILES string of the molecule is O=C(c1cccnc1)C1CNc2ccccc2O1. The smallest absolute Gasteiger partial charge is 0.206 e. The van der Waals surface area contributed by atoms with Gasteiger partial charge in [0, 0.05) is 18.0 Å². The second-order valence-electron chi connectivity index (χ2n) is 4.09. The van der Waals surface area contributed by atoms with E-state index in [2.05, 4.69) is 10.3 Å². The topological polar surface area (TPSA) is 51.2 Å². The van der Waals surface area contributed by atoms with Gasteiger partial charge in [-0.1, -0.05) is 12.1 Å². The average Bonchev–Trinajstić information content (AvgIpc) is 2.47. The second kappa shape index (κ2) is 4.49. The van der Waals surface area contributed by atoms with Crippen molar-refractivity contribution >= 4 is 11.5 Å². The Labute approximate surface area is 105 Å². The van der Waals surface area contributed by atoms with Crippen LogP contribution in [0.3, 0.4) is 0 Å². The van der Waals surface area contributed by atoms with E-state index in [1.165, 1.54) is 0 Å². The number of ether oxygens (including phenoxy) is 1. The number of Topliss-reactive ketones (excluding diaryl/α,β-unsaturated/α-hetero) is 1. The number of hydrogen-bond donors (Lipinski definition) is 1. The molecule has 1 aliphatic heterocycles. The fourth-order valence-electron chi connectivity index (χ4n) is 1.95. The lowest BCUT2D eigenvalue weighted by Gasteiger charge is -2.26. The third-order valence-electron chi connectivity index (χ3n) is 2.87. The molecule has 18 heavy (non-hydrogen) atoms. The van der Waals surface area contributed by atoms with Gasteiger partial charge in [0.2, 0.25) is 5.78 Å². The van der Waals surface area contributed by atoms with Gasteiger partial charge >= 0.3 is 0 Å². The molecule has 0 fully saturated rings. The van der Waals surface area contributed by atoms with E-state index in [0.29, 0.717) is 17.9 Å². The number of nitrogens with one attached hydrogen (secondary N) is 1. The van der Waals surface area contributed by atoms with Gasteiger partial charge in [0.05, 0.1) is 12.2 Å². The normalized spacial score (nSPS) is 17.2. The van der Waals surface area contributed by atoms with E-state index in [0.717, 1.165) is 5.69 Å². The van der Waals surface area contributed by atoms with Crippen LogP contribution in [-0.2, 0) is 0 Å². The molecule has 3 rings (SSSR count). The number of rotatable bonds is 2. The number of nitrogens with zero attached hydrogens (tertiary/aromatic N) is 1. The van der Waals surface area contributed by atoms with Crippen molar-refractivity contribution in [2.24, 2.45) is 0 Å². The number of aromatic nitrogens is 1. The van der Waals surface area contributed by atoms with Crippen molar-refractivity contribution in [2.75, 3.05) is 11.9 Å². The van der Waals surface area contributed by atoms with E-state index in [1.807, 2.05) is 24.3 Å². The minimum Gasteiger partial charge on any atom is -0.478 e. The highest BCUT2D eigenvalue weighted by atomic mass is 16.5. The van der Waals surface area contributed by atoms with E-state index in [-0.39, 0.29) is 5.78 Å². The Morgan fingerprint density at radius 3 is 3.00 bits per heavy atom. The lowest BCUT2D eigenvalue weighted by molar-refractivity contribution is 0.0801. The fraction of sp³-hybridized carbons (Fsp3) is 0.143. The zero-order chi connectivity index (χ0) is 12.4. The minimum atomic E-state index is -0.496. The molecule has 1 unspecified atom stereocenters. The molecular formula is C14H12N2O2. The van der Waals surface area contributed by atoms with Gasteiger partial charge in [-0.2, -0.15) is 0 Å². The molecule has 1 aliphatic rings. The number of fused-ring (bicyclic) bond motifs is 1. The Morgan fingerprint density at radius 2 is 2.17 bits per heavy atom. The van der Waals surface area contributed by atoms with Crippen molar-refractivity contribution in [3.8, 4) is 5.75 Å². The largest absolute Gasteiger partial charge is 0.478 e. The third-order valence-corrected chi connectivity index (χ3v) is 2.87. The molecule has 0 bridgehead atoms. The van der Waals surface area contributed by atoms with Crippen LogP contribution in [0.2, 0.25) is 0 Å². The monoisotopic (exact) mass is 240 g/mol. The molecule has 1 aromatic carbocycles. The maximum atomic E-state index is 12.2. The van der Waals surface area contributed by atoms with Gasteiger partial charge in [0.15, 0.2) is 6.10 Å². The highest BCUT2D eigenvalue weighted by Crippen LogP contribution is 2.28. The molecule has 0 saturated carbocycles. The van der Waals surface area contributed by atoms with E-state index in [9.17, 15) is 4.79 Å². The van der Waals surface area contributed by atoms with E-state index in [1.54, 1.807) is 24.5 Å². The first-order chi connectivity index (χ1) is 8.84. The summed E-state index contributed by atoms with van der Waals surface area (Å²) in [5.74, 6) is 0.663. The highest BCUT2D eigenvalue weighted by molar-refractivity contribution is 6.00. The molecule has 4 heteroatoms. The van der Waals surface area contributed by atoms with E-state index < -0.39 is 6.10 Å². The fourth-order valence-corrected chi connectivity index (χ4v) is 1.95. The summed E-state index contributed by atoms with van der Waals surface area (Å²) in [6, 6.07) is 11.1. The summed E-state index contributed by atoms with van der Waals surface area (Å²) in [7, 11) is 0. The third kappa shape index (κ3) is 1.93. The summed E-state index contributed by atoms with van der Waals surface area (Å²) in [4.78, 5) is 16.2. The number of ketones is 1. The zero-order valence-electron chi connectivity index (χ0n) is 9.67. The lowest BCUT2D eigenvalue weighted by atomic mass is 10.1. The van der Waals surface area contributed by atoms with Crippen LogP contribution in [0.25, 0.3) is 0 Å². The van der Waals surface area contributed by atoms with Crippen molar-refractivity contribution in [3.05, 3.63) is 54.4 Å². The molecule has 2 heterocycles. The summed E-state index contributed by atoms with van der Waals surface area (Å²) in [6.07, 6.45) is 2.71. The molecule has 1 N–H and O–H groups in total. The molecule has 0 spiro atoms. The molecule has 0 amide bonds. The Hall–Kier alpha value is -2.36. The van der Waals surface area contributed by atoms with Crippen molar-refractivity contribution in [2.45, 2.75) is 6.10 Å². The number of carbonyl (C=O) groups excluding carboxylic acids is 1. The molecule has 0 aliphatic carbocycles. The first-order valence-electron chi connectivity index (χ1n) is 5.78. The molecule has 1 aromatic heterocycles. The van der Waals surface area contributed by atoms with E-state index >= 15 is 0 Å². The first-order valence-corrected chi connectivity index (χ1v) is 5.78. The number of hydrogen-bond acceptors (Lipinski definition) is 4. The quantitative estimate of drug-likeness (QED) is 0.817. The van der Waals surface area contributed by atoms with Crippen LogP contribution in [0.1, 0.15) is 10.4 Å². The predicted octanol–water partition coefficient (Wildman–Crippen LogP) is 2.14. The summed E-state index contributed by atoms with van der Waals surface area (Å²) < 4.78 is 5.71. The van der Waals surface area contributed by atoms with Gasteiger partial charge in [-0.25, -0.2) is 0 Å². The van der Waals surface area contributed by atoms with Gasteiger partial charge in [-0.15, -0.1) is 0 Å². The summed E-state index contributed by atoms with van der Waals surface area (Å²) in [5.41, 5.74) is 1.50. The van der Waals surface area contributed by atoms with Crippen LogP contribution in [0.5, 0.6) is 5.75 Å². The standard InChI is InChI=1S/C14H12N2O2/c17-14(10-4-3-7-15-8-10)13-9-16-11-5-1-2-6-12(11)18-13/h1-8,13,16H,9H2. The predicted molar refractivity (Wildman–Crippen MR) is 67.9 cm³/mol. The number of carbonyl (C=O) groups is 1. The molecule has 90 valence electrons. The molecule has 1 atom stereocenters. The van der Waals surface area contributed by atoms with Gasteiger partial charge in [0.25, 0.3) is 0 Å². The van der Waals surface area contributed by atoms with Gasteiger partial charge in [0.1, 0.15) is 5.75 Å². The summed E-state index contributed by atoms with van der Waals surface area (Å²) in [6.45, 7) is 0.477. The van der Waals surface area contributed by atoms with Gasteiger partial charge in [-0.05, 0) is 24.3 Å². The molecular weight excluding hydrogens is 228 g/mol. The lowest BCUT2D eigenvalue weighted by Crippen LogP contribution is -2.37. The maximum Gasteiger partial charge on any atom is 0.206 e. The van der Waals surface area contributed by atoms with Crippen LogP contribution in [0, 0.1) is 0 Å². The van der Waals surface area contributed by atoms with Crippen molar-refractivity contribution in [1.29, 1.82) is 0 Å². The Balaban J connectivity index is 1.82. The van der Waals surface area contributed by atoms with Crippen molar-refractivity contribution in [1.82, 2.24) is 4.98 Å². The van der Waals surface area contributed by atoms with Gasteiger partial charge in [-0.3, -0.25) is 9.78 Å². The first kappa shape index (κ1) is 10.8. The van der Waals surface area contributed by atoms with Gasteiger partial charge < -0.3 is 10.1 Å². The highest BCUT2D eigenvalue weighted by Gasteiger charge is 2.26. The molecule has 2 aromatic rings. The molecule has 0 saturated heterocycles. The summed E-state index contributed by atoms with van der Waals surface area (Å²) >= 11 is 0. The Bertz CT molecular complexity index is 569. The van der Waals surface area contributed by atoms with Crippen LogP contribution in [0.4, 0.5) is 5.69 Å². The van der Waals surface area contributed by atoms with Crippen molar-refractivity contribution in [3.63, 3.8) is 0 Å². The van der Waals surface area contributed by atoms with Crippen LogP contribution >= 0.6 is 0 Å². The van der Waals surface area contributed by atoms with Crippen LogP contribution in [-0.4, -0.2) is 23.4 Å². The Kier molecular flexibility index (Phi) is 2.68.